The van der Waals surface area contributed by atoms with Crippen LogP contribution in [-0.4, -0.2) is 17.4 Å². The molecule has 1 N–H and O–H groups in total. The lowest BCUT2D eigenvalue weighted by molar-refractivity contribution is -0.274. The van der Waals surface area contributed by atoms with Gasteiger partial charge in [-0.1, -0.05) is 18.2 Å². The second kappa shape index (κ2) is 6.67. The van der Waals surface area contributed by atoms with Crippen molar-refractivity contribution in [3.8, 4) is 16.9 Å². The minimum Gasteiger partial charge on any atom is -0.405 e. The Hall–Kier alpha value is -3.26. The minimum absolute atomic E-state index is 0.0723. The molecule has 10 heteroatoms. The lowest BCUT2D eigenvalue weighted by Crippen LogP contribution is -2.17. The zero-order valence-corrected chi connectivity index (χ0v) is 11.3. The predicted molar refractivity (Wildman–Crippen MR) is 74.5 cm³/mol. The topological polar surface area (TPSA) is 100.0 Å². The lowest BCUT2D eigenvalue weighted by atomic mass is 10.0. The largest absolute Gasteiger partial charge is 0.573 e. The number of nitrogens with one attached hydrogen (secondary N) is 1. The molecule has 1 aromatic carbocycles. The van der Waals surface area contributed by atoms with E-state index in [4.69, 9.17) is 5.53 Å². The van der Waals surface area contributed by atoms with Gasteiger partial charge >= 0.3 is 12.4 Å². The van der Waals surface area contributed by atoms with Crippen LogP contribution < -0.4 is 10.1 Å². The van der Waals surface area contributed by atoms with Crippen molar-refractivity contribution >= 4 is 11.7 Å². The number of aromatic nitrogens is 1. The molecule has 2 rings (SSSR count). The fourth-order valence-electron chi connectivity index (χ4n) is 1.81. The van der Waals surface area contributed by atoms with Crippen molar-refractivity contribution in [1.29, 1.82) is 0 Å². The number of alkyl halides is 3. The third kappa shape index (κ3) is 4.35. The monoisotopic (exact) mass is 323 g/mol. The van der Waals surface area contributed by atoms with Gasteiger partial charge < -0.3 is 10.1 Å². The van der Waals surface area contributed by atoms with Crippen LogP contribution in [0.5, 0.6) is 5.75 Å². The number of nitrogens with zero attached hydrogens (tertiary/aromatic N) is 4. The van der Waals surface area contributed by atoms with Gasteiger partial charge in [0.1, 0.15) is 5.75 Å². The van der Waals surface area contributed by atoms with Crippen LogP contribution in [0.3, 0.4) is 0 Å². The van der Waals surface area contributed by atoms with Crippen molar-refractivity contribution < 1.29 is 22.7 Å². The number of azide groups is 1. The van der Waals surface area contributed by atoms with Crippen LogP contribution in [0.4, 0.5) is 23.7 Å². The van der Waals surface area contributed by atoms with Gasteiger partial charge in [-0.25, -0.2) is 0 Å². The average molecular weight is 323 g/mol. The van der Waals surface area contributed by atoms with E-state index in [0.29, 0.717) is 0 Å². The highest BCUT2D eigenvalue weighted by atomic mass is 19.4. The van der Waals surface area contributed by atoms with Crippen molar-refractivity contribution in [2.75, 3.05) is 5.32 Å². The molecule has 0 unspecified atom stereocenters. The van der Waals surface area contributed by atoms with E-state index in [1.165, 1.54) is 36.7 Å². The van der Waals surface area contributed by atoms with Crippen LogP contribution in [0.15, 0.2) is 47.8 Å². The summed E-state index contributed by atoms with van der Waals surface area (Å²) in [6, 6.07) is 5.80. The van der Waals surface area contributed by atoms with E-state index in [2.05, 4.69) is 25.1 Å². The Kier molecular flexibility index (Phi) is 4.67. The van der Waals surface area contributed by atoms with E-state index < -0.39 is 18.1 Å². The van der Waals surface area contributed by atoms with Gasteiger partial charge in [0, 0.05) is 27.3 Å². The number of hydrogen-bond donors (Lipinski definition) is 1. The quantitative estimate of drug-likeness (QED) is 0.511. The number of urea groups is 1. The Morgan fingerprint density at radius 3 is 2.70 bits per heavy atom. The molecule has 0 atom stereocenters. The summed E-state index contributed by atoms with van der Waals surface area (Å²) in [6.07, 6.45) is -2.31. The smallest absolute Gasteiger partial charge is 0.405 e. The van der Waals surface area contributed by atoms with Crippen LogP contribution >= 0.6 is 0 Å². The van der Waals surface area contributed by atoms with E-state index in [1.807, 2.05) is 0 Å². The third-order valence-electron chi connectivity index (χ3n) is 2.60. The zero-order chi connectivity index (χ0) is 16.9. The summed E-state index contributed by atoms with van der Waals surface area (Å²) in [6.45, 7) is 0. The van der Waals surface area contributed by atoms with Crippen molar-refractivity contribution in [3.05, 3.63) is 53.2 Å². The molecular weight excluding hydrogens is 315 g/mol. The van der Waals surface area contributed by atoms with Crippen LogP contribution in [-0.2, 0) is 0 Å². The highest BCUT2D eigenvalue weighted by Gasteiger charge is 2.32. The highest BCUT2D eigenvalue weighted by Crippen LogP contribution is 2.36. The molecule has 1 heterocycles. The Bertz CT molecular complexity index is 772. The van der Waals surface area contributed by atoms with Gasteiger partial charge in [0.25, 0.3) is 0 Å². The number of anilines is 1. The van der Waals surface area contributed by atoms with Crippen LogP contribution in [0.25, 0.3) is 21.6 Å². The maximum absolute atomic E-state index is 12.5. The molecule has 0 spiro atoms. The molecule has 118 valence electrons. The molecule has 0 radical (unpaired) electrons. The van der Waals surface area contributed by atoms with Crippen LogP contribution in [0.2, 0.25) is 0 Å². The molecule has 0 fully saturated rings. The normalized spacial score (nSPS) is 10.6. The number of hydrogen-bond acceptors (Lipinski definition) is 3. The fraction of sp³-hybridized carbons (Fsp3) is 0.0769. The summed E-state index contributed by atoms with van der Waals surface area (Å²) in [5.74, 6) is -0.439. The highest BCUT2D eigenvalue weighted by molar-refractivity contribution is 5.95. The number of halogens is 3. The standard InChI is InChI=1S/C13H8F3N5O2/c14-13(15,16)23-11-4-2-1-3-9(11)8-5-6-18-7-10(8)19-12(22)20-21-17/h1-7H,(H,19,22). The summed E-state index contributed by atoms with van der Waals surface area (Å²) >= 11 is 0. The molecule has 7 nitrogen and oxygen atoms in total. The van der Waals surface area contributed by atoms with Gasteiger partial charge in [-0.05, 0) is 17.7 Å². The van der Waals surface area contributed by atoms with Crippen molar-refractivity contribution in [3.63, 3.8) is 0 Å². The number of pyridine rings is 1. The minimum atomic E-state index is -4.86. The summed E-state index contributed by atoms with van der Waals surface area (Å²) in [5, 5.41) is 5.07. The predicted octanol–water partition coefficient (Wildman–Crippen LogP) is 4.49. The van der Waals surface area contributed by atoms with E-state index in [-0.39, 0.29) is 16.8 Å². The number of amides is 2. The maximum Gasteiger partial charge on any atom is 0.573 e. The van der Waals surface area contributed by atoms with Crippen LogP contribution in [0, 0.1) is 0 Å². The first-order chi connectivity index (χ1) is 10.9. The molecule has 2 amide bonds. The van der Waals surface area contributed by atoms with E-state index >= 15 is 0 Å². The summed E-state index contributed by atoms with van der Waals surface area (Å²) < 4.78 is 41.4. The molecule has 0 saturated carbocycles. The SMILES string of the molecule is [N-]=[N+]=NC(=O)Nc1cnccc1-c1ccccc1OC(F)(F)F. The third-order valence-corrected chi connectivity index (χ3v) is 2.60. The molecule has 0 bridgehead atoms. The molecular formula is C13H8F3N5O2. The van der Waals surface area contributed by atoms with E-state index in [9.17, 15) is 18.0 Å². The van der Waals surface area contributed by atoms with Gasteiger partial charge in [-0.15, -0.1) is 13.2 Å². The Morgan fingerprint density at radius 1 is 1.26 bits per heavy atom. The Morgan fingerprint density at radius 2 is 2.00 bits per heavy atom. The van der Waals surface area contributed by atoms with Crippen molar-refractivity contribution in [2.45, 2.75) is 6.36 Å². The first kappa shape index (κ1) is 16.1. The molecule has 0 aliphatic rings. The fourth-order valence-corrected chi connectivity index (χ4v) is 1.81. The summed E-state index contributed by atoms with van der Waals surface area (Å²) in [5.41, 5.74) is 8.59. The molecule has 23 heavy (non-hydrogen) atoms. The molecule has 2 aromatic rings. The maximum atomic E-state index is 12.5. The summed E-state index contributed by atoms with van der Waals surface area (Å²) in [4.78, 5) is 17.4. The number of carbonyl (C=O) groups excluding carboxylic acids is 1. The van der Waals surface area contributed by atoms with E-state index in [0.717, 1.165) is 6.07 Å². The second-order valence-corrected chi connectivity index (χ2v) is 4.08. The number of para-hydroxylation sites is 1. The number of rotatable bonds is 3. The Labute approximate surface area is 127 Å². The average Bonchev–Trinajstić information content (AvgIpc) is 2.47. The van der Waals surface area contributed by atoms with E-state index in [1.54, 1.807) is 0 Å². The summed E-state index contributed by atoms with van der Waals surface area (Å²) in [7, 11) is 0. The zero-order valence-electron chi connectivity index (χ0n) is 11.3. The van der Waals surface area contributed by atoms with Gasteiger partial charge in [-0.3, -0.25) is 9.78 Å². The molecule has 0 saturated heterocycles. The number of carbonyl (C=O) groups is 1. The van der Waals surface area contributed by atoms with Crippen LogP contribution in [0.1, 0.15) is 0 Å². The second-order valence-electron chi connectivity index (χ2n) is 4.08. The first-order valence-electron chi connectivity index (χ1n) is 6.06. The first-order valence-corrected chi connectivity index (χ1v) is 6.06. The molecule has 0 aliphatic carbocycles. The van der Waals surface area contributed by atoms with Gasteiger partial charge in [0.05, 0.1) is 11.9 Å². The van der Waals surface area contributed by atoms with Gasteiger partial charge in [-0.2, -0.15) is 0 Å². The number of benzene rings is 1. The van der Waals surface area contributed by atoms with Gasteiger partial charge in [0.15, 0.2) is 0 Å². The molecule has 1 aromatic heterocycles. The van der Waals surface area contributed by atoms with Crippen molar-refractivity contribution in [2.24, 2.45) is 5.11 Å². The van der Waals surface area contributed by atoms with Gasteiger partial charge in [0.2, 0.25) is 0 Å². The Balaban J connectivity index is 2.47. The van der Waals surface area contributed by atoms with Crippen molar-refractivity contribution in [1.82, 2.24) is 4.98 Å². The molecule has 0 aliphatic heterocycles. The number of ether oxygens (including phenoxy) is 1. The lowest BCUT2D eigenvalue weighted by Gasteiger charge is -2.15.